The van der Waals surface area contributed by atoms with Crippen molar-refractivity contribution in [2.24, 2.45) is 5.92 Å². The van der Waals surface area contributed by atoms with Crippen molar-refractivity contribution in [3.8, 4) is 6.07 Å². The summed E-state index contributed by atoms with van der Waals surface area (Å²) in [6.07, 6.45) is -2.35. The minimum Gasteiger partial charge on any atom is -0.455 e. The molecule has 10 heteroatoms. The number of ether oxygens (including phenoxy) is 1. The van der Waals surface area contributed by atoms with Gasteiger partial charge in [0.25, 0.3) is 5.91 Å². The van der Waals surface area contributed by atoms with Crippen LogP contribution in [0.2, 0.25) is 0 Å². The fourth-order valence-electron chi connectivity index (χ4n) is 3.35. The van der Waals surface area contributed by atoms with Crippen molar-refractivity contribution in [2.45, 2.75) is 19.0 Å². The number of hydrogen-bond acceptors (Lipinski definition) is 6. The number of aromatic nitrogens is 1. The first kappa shape index (κ1) is 22.1. The molecule has 31 heavy (non-hydrogen) atoms. The second-order valence-electron chi connectivity index (χ2n) is 7.01. The van der Waals surface area contributed by atoms with Gasteiger partial charge in [-0.25, -0.2) is 4.98 Å². The van der Waals surface area contributed by atoms with E-state index >= 15 is 0 Å². The van der Waals surface area contributed by atoms with Gasteiger partial charge in [-0.1, -0.05) is 6.07 Å². The molecule has 1 saturated heterocycles. The van der Waals surface area contributed by atoms with Crippen LogP contribution in [0.5, 0.6) is 0 Å². The monoisotopic (exact) mass is 432 g/mol. The minimum absolute atomic E-state index is 0.0186. The van der Waals surface area contributed by atoms with Crippen molar-refractivity contribution < 1.29 is 27.5 Å². The molecule has 1 fully saturated rings. The molecule has 0 bridgehead atoms. The van der Waals surface area contributed by atoms with E-state index in [0.717, 1.165) is 6.07 Å². The lowest BCUT2D eigenvalue weighted by atomic mass is 9.98. The highest BCUT2D eigenvalue weighted by atomic mass is 19.4. The molecule has 2 aromatic rings. The molecule has 162 valence electrons. The molecule has 3 rings (SSSR count). The third-order valence-corrected chi connectivity index (χ3v) is 4.77. The second kappa shape index (κ2) is 9.47. The van der Waals surface area contributed by atoms with Crippen LogP contribution in [-0.4, -0.2) is 36.6 Å². The van der Waals surface area contributed by atoms with Crippen molar-refractivity contribution in [3.63, 3.8) is 0 Å². The zero-order chi connectivity index (χ0) is 22.4. The van der Waals surface area contributed by atoms with Crippen molar-refractivity contribution in [1.82, 2.24) is 4.98 Å². The normalized spacial score (nSPS) is 16.3. The molecule has 1 aromatic heterocycles. The summed E-state index contributed by atoms with van der Waals surface area (Å²) in [4.78, 5) is 29.7. The topological polar surface area (TPSA) is 95.3 Å². The van der Waals surface area contributed by atoms with Gasteiger partial charge in [-0.2, -0.15) is 18.4 Å². The summed E-state index contributed by atoms with van der Waals surface area (Å²) in [6.45, 7) is -0.187. The zero-order valence-corrected chi connectivity index (χ0v) is 16.4. The lowest BCUT2D eigenvalue weighted by molar-refractivity contribution is -0.151. The van der Waals surface area contributed by atoms with E-state index in [-0.39, 0.29) is 12.4 Å². The number of anilines is 2. The van der Waals surface area contributed by atoms with Gasteiger partial charge in [-0.3, -0.25) is 9.59 Å². The van der Waals surface area contributed by atoms with Gasteiger partial charge in [0.2, 0.25) is 0 Å². The number of nitrogens with one attached hydrogen (secondary N) is 1. The maximum atomic E-state index is 13.3. The SMILES string of the molecule is N#Cc1cccc(NC(=O)COC(=O)C2CCCN(c3ncccc3C(F)(F)F)C2)c1. The van der Waals surface area contributed by atoms with Crippen LogP contribution in [-0.2, 0) is 20.5 Å². The summed E-state index contributed by atoms with van der Waals surface area (Å²) < 4.78 is 44.9. The Labute approximate surface area is 176 Å². The predicted molar refractivity (Wildman–Crippen MR) is 105 cm³/mol. The van der Waals surface area contributed by atoms with E-state index in [0.29, 0.717) is 30.6 Å². The number of carbonyl (C=O) groups excluding carboxylic acids is 2. The van der Waals surface area contributed by atoms with Gasteiger partial charge >= 0.3 is 12.1 Å². The number of piperidine rings is 1. The van der Waals surface area contributed by atoms with Crippen LogP contribution in [0, 0.1) is 17.2 Å². The van der Waals surface area contributed by atoms with Crippen molar-refractivity contribution in [2.75, 3.05) is 29.9 Å². The highest BCUT2D eigenvalue weighted by Gasteiger charge is 2.37. The van der Waals surface area contributed by atoms with Gasteiger partial charge in [0, 0.05) is 25.0 Å². The number of hydrogen-bond donors (Lipinski definition) is 1. The Morgan fingerprint density at radius 2 is 2.10 bits per heavy atom. The Kier molecular flexibility index (Phi) is 6.74. The van der Waals surface area contributed by atoms with Gasteiger partial charge < -0.3 is 15.0 Å². The number of benzene rings is 1. The van der Waals surface area contributed by atoms with Crippen molar-refractivity contribution in [1.29, 1.82) is 5.26 Å². The van der Waals surface area contributed by atoms with Crippen molar-refractivity contribution >= 4 is 23.4 Å². The smallest absolute Gasteiger partial charge is 0.419 e. The maximum Gasteiger partial charge on any atom is 0.419 e. The molecule has 7 nitrogen and oxygen atoms in total. The first-order chi connectivity index (χ1) is 14.8. The minimum atomic E-state index is -4.56. The number of alkyl halides is 3. The molecule has 0 radical (unpaired) electrons. The maximum absolute atomic E-state index is 13.3. The van der Waals surface area contributed by atoms with Gasteiger partial charge in [0.1, 0.15) is 5.82 Å². The highest BCUT2D eigenvalue weighted by molar-refractivity contribution is 5.93. The fourth-order valence-corrected chi connectivity index (χ4v) is 3.35. The second-order valence-corrected chi connectivity index (χ2v) is 7.01. The molecule has 1 amide bonds. The van der Waals surface area contributed by atoms with E-state index in [2.05, 4.69) is 10.3 Å². The quantitative estimate of drug-likeness (QED) is 0.728. The fraction of sp³-hybridized carbons (Fsp3) is 0.333. The Morgan fingerprint density at radius 1 is 1.29 bits per heavy atom. The van der Waals surface area contributed by atoms with Crippen LogP contribution in [0.4, 0.5) is 24.7 Å². The molecule has 1 aromatic carbocycles. The molecule has 0 saturated carbocycles. The molecule has 1 atom stereocenters. The van der Waals surface area contributed by atoms with Crippen LogP contribution in [0.25, 0.3) is 0 Å². The summed E-state index contributed by atoms with van der Waals surface area (Å²) in [7, 11) is 0. The zero-order valence-electron chi connectivity index (χ0n) is 16.4. The van der Waals surface area contributed by atoms with E-state index in [4.69, 9.17) is 10.00 Å². The lowest BCUT2D eigenvalue weighted by Crippen LogP contribution is -2.41. The molecular weight excluding hydrogens is 413 g/mol. The van der Waals surface area contributed by atoms with Crippen molar-refractivity contribution in [3.05, 3.63) is 53.7 Å². The summed E-state index contributed by atoms with van der Waals surface area (Å²) in [5.41, 5.74) is -0.105. The van der Waals surface area contributed by atoms with E-state index in [1.54, 1.807) is 18.2 Å². The Hall–Kier alpha value is -3.61. The number of rotatable bonds is 5. The first-order valence-corrected chi connectivity index (χ1v) is 9.51. The van der Waals surface area contributed by atoms with Crippen LogP contribution in [0.15, 0.2) is 42.6 Å². The molecule has 1 aliphatic heterocycles. The lowest BCUT2D eigenvalue weighted by Gasteiger charge is -2.33. The summed E-state index contributed by atoms with van der Waals surface area (Å²) in [5, 5.41) is 11.4. The predicted octanol–water partition coefficient (Wildman–Crippen LogP) is 3.37. The number of esters is 1. The van der Waals surface area contributed by atoms with Gasteiger partial charge in [0.15, 0.2) is 6.61 Å². The Bertz CT molecular complexity index is 1000. The van der Waals surface area contributed by atoms with E-state index in [1.165, 1.54) is 23.2 Å². The number of pyridine rings is 1. The third-order valence-electron chi connectivity index (χ3n) is 4.77. The standard InChI is InChI=1S/C21H19F3N4O3/c22-21(23,24)17-7-2-8-26-19(17)28-9-3-5-15(12-28)20(30)31-13-18(29)27-16-6-1-4-14(10-16)11-25/h1-2,4,6-8,10,15H,3,5,9,12-13H2,(H,27,29). The number of carbonyl (C=O) groups is 2. The number of amides is 1. The van der Waals surface area contributed by atoms with Gasteiger partial charge in [0.05, 0.1) is 23.1 Å². The average molecular weight is 432 g/mol. The van der Waals surface area contributed by atoms with Gasteiger partial charge in [-0.05, 0) is 43.2 Å². The van der Waals surface area contributed by atoms with Crippen LogP contribution < -0.4 is 10.2 Å². The van der Waals surface area contributed by atoms with E-state index in [1.807, 2.05) is 6.07 Å². The first-order valence-electron chi connectivity index (χ1n) is 9.51. The molecule has 1 unspecified atom stereocenters. The van der Waals surface area contributed by atoms with Crippen LogP contribution in [0.3, 0.4) is 0 Å². The number of nitrogens with zero attached hydrogens (tertiary/aromatic N) is 3. The molecular formula is C21H19F3N4O3. The third kappa shape index (κ3) is 5.72. The molecule has 1 N–H and O–H groups in total. The van der Waals surface area contributed by atoms with E-state index < -0.39 is 36.1 Å². The molecule has 2 heterocycles. The largest absolute Gasteiger partial charge is 0.455 e. The van der Waals surface area contributed by atoms with Gasteiger partial charge in [-0.15, -0.1) is 0 Å². The molecule has 0 aliphatic carbocycles. The van der Waals surface area contributed by atoms with E-state index in [9.17, 15) is 22.8 Å². The molecule has 1 aliphatic rings. The van der Waals surface area contributed by atoms with Crippen LogP contribution in [0.1, 0.15) is 24.0 Å². The summed E-state index contributed by atoms with van der Waals surface area (Å²) in [6, 6.07) is 10.4. The molecule has 0 spiro atoms. The summed E-state index contributed by atoms with van der Waals surface area (Å²) >= 11 is 0. The summed E-state index contributed by atoms with van der Waals surface area (Å²) in [5.74, 6) is -2.13. The Morgan fingerprint density at radius 3 is 2.84 bits per heavy atom. The average Bonchev–Trinajstić information content (AvgIpc) is 2.77. The Balaban J connectivity index is 1.58. The number of halogens is 3. The highest BCUT2D eigenvalue weighted by Crippen LogP contribution is 2.36. The van der Waals surface area contributed by atoms with Crippen LogP contribution >= 0.6 is 0 Å². The number of nitriles is 1.